The van der Waals surface area contributed by atoms with E-state index in [0.29, 0.717) is 19.3 Å². The number of ether oxygens (including phenoxy) is 3. The number of hydrogen-bond donors (Lipinski definition) is 0. The number of rotatable bonds is 64. The summed E-state index contributed by atoms with van der Waals surface area (Å²) in [6, 6.07) is 0. The Morgan fingerprint density at radius 1 is 0.260 bits per heavy atom. The summed E-state index contributed by atoms with van der Waals surface area (Å²) in [7, 11) is 0. The average Bonchev–Trinajstić information content (AvgIpc) is 3.43. The van der Waals surface area contributed by atoms with Gasteiger partial charge in [0.05, 0.1) is 0 Å². The second kappa shape index (κ2) is 66.1. The Labute approximate surface area is 480 Å². The Bertz CT molecular complexity index is 1290. The van der Waals surface area contributed by atoms with Gasteiger partial charge in [-0.25, -0.2) is 0 Å². The van der Waals surface area contributed by atoms with Crippen LogP contribution in [0.1, 0.15) is 380 Å². The molecule has 0 amide bonds. The van der Waals surface area contributed by atoms with Gasteiger partial charge in [-0.3, -0.25) is 14.4 Å². The fraction of sp³-hybridized carbons (Fsp3) is 0.873. The SMILES string of the molecule is CCCCCC/C=C\C/C=C\CCCCCCCCCC(=O)OC(COC(=O)CCCCCCCCC/C=C\CCCCCCCC)COC(=O)CCCCCCCCCCCCCCCCCCCCCCCCCC. The fourth-order valence-electron chi connectivity index (χ4n) is 10.4. The van der Waals surface area contributed by atoms with Crippen molar-refractivity contribution < 1.29 is 28.6 Å². The third-order valence-electron chi connectivity index (χ3n) is 15.6. The normalized spacial score (nSPS) is 12.2. The van der Waals surface area contributed by atoms with Crippen molar-refractivity contribution in [2.45, 2.75) is 386 Å². The third kappa shape index (κ3) is 64.3. The van der Waals surface area contributed by atoms with Crippen molar-refractivity contribution in [3.05, 3.63) is 36.5 Å². The van der Waals surface area contributed by atoms with Gasteiger partial charge in [0.25, 0.3) is 0 Å². The van der Waals surface area contributed by atoms with Crippen LogP contribution in [0, 0.1) is 0 Å². The van der Waals surface area contributed by atoms with Gasteiger partial charge in [-0.05, 0) is 77.0 Å². The predicted molar refractivity (Wildman–Crippen MR) is 335 cm³/mol. The molecule has 0 rings (SSSR count). The molecule has 0 heterocycles. The molecular weight excluding hydrogens is 949 g/mol. The first-order valence-electron chi connectivity index (χ1n) is 34.5. The van der Waals surface area contributed by atoms with Crippen LogP contribution in [0.2, 0.25) is 0 Å². The van der Waals surface area contributed by atoms with E-state index < -0.39 is 6.10 Å². The van der Waals surface area contributed by atoms with Gasteiger partial charge in [0.1, 0.15) is 13.2 Å². The number of hydrogen-bond acceptors (Lipinski definition) is 6. The van der Waals surface area contributed by atoms with Gasteiger partial charge >= 0.3 is 17.9 Å². The number of unbranched alkanes of at least 4 members (excludes halogenated alkanes) is 47. The third-order valence-corrected chi connectivity index (χ3v) is 15.6. The zero-order valence-corrected chi connectivity index (χ0v) is 52.0. The maximum absolute atomic E-state index is 12.9. The zero-order chi connectivity index (χ0) is 55.7. The Morgan fingerprint density at radius 2 is 0.468 bits per heavy atom. The van der Waals surface area contributed by atoms with Gasteiger partial charge in [0.15, 0.2) is 6.10 Å². The summed E-state index contributed by atoms with van der Waals surface area (Å²) in [6.07, 6.45) is 81.6. The van der Waals surface area contributed by atoms with Crippen molar-refractivity contribution in [2.24, 2.45) is 0 Å². The molecule has 0 aliphatic rings. The Kier molecular flexibility index (Phi) is 64.1. The minimum atomic E-state index is -0.777. The van der Waals surface area contributed by atoms with E-state index in [9.17, 15) is 14.4 Å². The van der Waals surface area contributed by atoms with Crippen LogP contribution in [0.25, 0.3) is 0 Å². The molecule has 6 nitrogen and oxygen atoms in total. The molecule has 77 heavy (non-hydrogen) atoms. The second-order valence-electron chi connectivity index (χ2n) is 23.4. The molecule has 0 aromatic heterocycles. The molecule has 0 fully saturated rings. The summed E-state index contributed by atoms with van der Waals surface area (Å²) in [6.45, 7) is 6.68. The quantitative estimate of drug-likeness (QED) is 0.0261. The van der Waals surface area contributed by atoms with Crippen LogP contribution in [0.15, 0.2) is 36.5 Å². The molecule has 0 bridgehead atoms. The lowest BCUT2D eigenvalue weighted by molar-refractivity contribution is -0.167. The second-order valence-corrected chi connectivity index (χ2v) is 23.4. The van der Waals surface area contributed by atoms with E-state index in [0.717, 1.165) is 70.6 Å². The van der Waals surface area contributed by atoms with Crippen LogP contribution in [-0.2, 0) is 28.6 Å². The van der Waals surface area contributed by atoms with Gasteiger partial charge in [-0.1, -0.05) is 320 Å². The summed E-state index contributed by atoms with van der Waals surface area (Å²) in [4.78, 5) is 38.4. The largest absolute Gasteiger partial charge is 0.462 e. The minimum Gasteiger partial charge on any atom is -0.462 e. The fourth-order valence-corrected chi connectivity index (χ4v) is 10.4. The van der Waals surface area contributed by atoms with Gasteiger partial charge in [0, 0.05) is 19.3 Å². The predicted octanol–water partition coefficient (Wildman–Crippen LogP) is 23.6. The van der Waals surface area contributed by atoms with Crippen LogP contribution in [0.4, 0.5) is 0 Å². The molecule has 452 valence electrons. The van der Waals surface area contributed by atoms with Crippen molar-refractivity contribution in [1.82, 2.24) is 0 Å². The molecule has 0 aromatic carbocycles. The summed E-state index contributed by atoms with van der Waals surface area (Å²) >= 11 is 0. The topological polar surface area (TPSA) is 78.9 Å². The molecular formula is C71H132O6. The monoisotopic (exact) mass is 1080 g/mol. The molecule has 0 N–H and O–H groups in total. The van der Waals surface area contributed by atoms with Crippen molar-refractivity contribution in [2.75, 3.05) is 13.2 Å². The first-order valence-corrected chi connectivity index (χ1v) is 34.5. The molecule has 1 atom stereocenters. The lowest BCUT2D eigenvalue weighted by atomic mass is 10.0. The van der Waals surface area contributed by atoms with Crippen molar-refractivity contribution in [3.63, 3.8) is 0 Å². The molecule has 0 aliphatic heterocycles. The first kappa shape index (κ1) is 74.6. The van der Waals surface area contributed by atoms with Crippen LogP contribution in [0.3, 0.4) is 0 Å². The van der Waals surface area contributed by atoms with Crippen molar-refractivity contribution >= 4 is 17.9 Å². The van der Waals surface area contributed by atoms with Crippen molar-refractivity contribution in [3.8, 4) is 0 Å². The number of carbonyl (C=O) groups excluding carboxylic acids is 3. The maximum Gasteiger partial charge on any atom is 0.306 e. The Morgan fingerprint density at radius 3 is 0.740 bits per heavy atom. The molecule has 0 spiro atoms. The highest BCUT2D eigenvalue weighted by Crippen LogP contribution is 2.18. The molecule has 0 radical (unpaired) electrons. The molecule has 0 saturated heterocycles. The molecule has 0 aromatic rings. The number of esters is 3. The van der Waals surface area contributed by atoms with Crippen LogP contribution >= 0.6 is 0 Å². The van der Waals surface area contributed by atoms with Crippen LogP contribution in [-0.4, -0.2) is 37.2 Å². The standard InChI is InChI=1S/C71H132O6/c1-4-7-10-13-16-19-22-25-28-31-33-34-35-36-37-38-41-43-46-49-52-55-58-61-64-70(73)76-67-68(66-75-69(72)63-60-57-54-51-48-45-42-39-30-27-24-21-18-15-12-9-6-3)77-71(74)65-62-59-56-53-50-47-44-40-32-29-26-23-20-17-14-11-8-5-2/h20,23,27,29-30,32,68H,4-19,21-22,24-26,28,31,33-67H2,1-3H3/b23-20-,30-27-,32-29-. The van der Waals surface area contributed by atoms with E-state index in [2.05, 4.69) is 57.2 Å². The minimum absolute atomic E-state index is 0.0722. The Hall–Kier alpha value is -2.37. The highest BCUT2D eigenvalue weighted by atomic mass is 16.6. The smallest absolute Gasteiger partial charge is 0.306 e. The lowest BCUT2D eigenvalue weighted by Crippen LogP contribution is -2.30. The van der Waals surface area contributed by atoms with Gasteiger partial charge in [0.2, 0.25) is 0 Å². The van der Waals surface area contributed by atoms with Crippen LogP contribution < -0.4 is 0 Å². The van der Waals surface area contributed by atoms with E-state index in [1.54, 1.807) is 0 Å². The van der Waals surface area contributed by atoms with Crippen LogP contribution in [0.5, 0.6) is 0 Å². The highest BCUT2D eigenvalue weighted by molar-refractivity contribution is 5.71. The molecule has 1 unspecified atom stereocenters. The van der Waals surface area contributed by atoms with E-state index in [4.69, 9.17) is 14.2 Å². The molecule has 6 heteroatoms. The van der Waals surface area contributed by atoms with Crippen molar-refractivity contribution in [1.29, 1.82) is 0 Å². The molecule has 0 saturated carbocycles. The molecule has 0 aliphatic carbocycles. The lowest BCUT2D eigenvalue weighted by Gasteiger charge is -2.18. The first-order chi connectivity index (χ1) is 38.0. The number of allylic oxidation sites excluding steroid dienone is 6. The zero-order valence-electron chi connectivity index (χ0n) is 52.0. The Balaban J connectivity index is 4.29. The van der Waals surface area contributed by atoms with E-state index >= 15 is 0 Å². The van der Waals surface area contributed by atoms with Gasteiger partial charge < -0.3 is 14.2 Å². The maximum atomic E-state index is 12.9. The van der Waals surface area contributed by atoms with Gasteiger partial charge in [-0.2, -0.15) is 0 Å². The summed E-state index contributed by atoms with van der Waals surface area (Å²) in [5.41, 5.74) is 0. The summed E-state index contributed by atoms with van der Waals surface area (Å²) in [5, 5.41) is 0. The van der Waals surface area contributed by atoms with Gasteiger partial charge in [-0.15, -0.1) is 0 Å². The summed E-state index contributed by atoms with van der Waals surface area (Å²) in [5.74, 6) is -0.857. The van der Waals surface area contributed by atoms with E-state index in [1.807, 2.05) is 0 Å². The summed E-state index contributed by atoms with van der Waals surface area (Å²) < 4.78 is 17.0. The van der Waals surface area contributed by atoms with E-state index in [-0.39, 0.29) is 31.1 Å². The highest BCUT2D eigenvalue weighted by Gasteiger charge is 2.19. The van der Waals surface area contributed by atoms with E-state index in [1.165, 1.54) is 270 Å². The average molecular weight is 1080 g/mol. The number of carbonyl (C=O) groups is 3.